The van der Waals surface area contributed by atoms with E-state index >= 15 is 0 Å². The zero-order chi connectivity index (χ0) is 16.8. The first-order valence-electron chi connectivity index (χ1n) is 7.39. The zero-order valence-electron chi connectivity index (χ0n) is 13.6. The number of ether oxygens (including phenoxy) is 1. The highest BCUT2D eigenvalue weighted by Gasteiger charge is 2.18. The second-order valence-corrected chi connectivity index (χ2v) is 6.13. The fraction of sp³-hybridized carbons (Fsp3) is 0.562. The number of aromatic hydroxyl groups is 1. The topological polar surface area (TPSA) is 70.6 Å². The molecule has 124 valence electrons. The van der Waals surface area contributed by atoms with Gasteiger partial charge in [0.2, 0.25) is 0 Å². The fourth-order valence-electron chi connectivity index (χ4n) is 1.86. The first-order chi connectivity index (χ1) is 10.2. The number of phenols is 1. The zero-order valence-corrected chi connectivity index (χ0v) is 13.6. The predicted octanol–water partition coefficient (Wildman–Crippen LogP) is 2.92. The Bertz CT molecular complexity index is 501. The molecule has 0 bridgehead atoms. The maximum Gasteiger partial charge on any atom is 0.407 e. The summed E-state index contributed by atoms with van der Waals surface area (Å²) in [7, 11) is 0. The fourth-order valence-corrected chi connectivity index (χ4v) is 1.86. The SMILES string of the molecule is CCC(CNCc1cccc(F)c1O)NC(=O)OC(C)(C)C. The van der Waals surface area contributed by atoms with Gasteiger partial charge in [-0.3, -0.25) is 0 Å². The van der Waals surface area contributed by atoms with Gasteiger partial charge in [-0.25, -0.2) is 9.18 Å². The van der Waals surface area contributed by atoms with Gasteiger partial charge in [0.1, 0.15) is 5.60 Å². The predicted molar refractivity (Wildman–Crippen MR) is 83.2 cm³/mol. The minimum absolute atomic E-state index is 0.106. The number of hydrogen-bond donors (Lipinski definition) is 3. The van der Waals surface area contributed by atoms with Crippen molar-refractivity contribution in [1.82, 2.24) is 10.6 Å². The van der Waals surface area contributed by atoms with Crippen molar-refractivity contribution in [3.63, 3.8) is 0 Å². The van der Waals surface area contributed by atoms with Crippen molar-refractivity contribution >= 4 is 6.09 Å². The maximum atomic E-state index is 13.2. The lowest BCUT2D eigenvalue weighted by molar-refractivity contribution is 0.0502. The van der Waals surface area contributed by atoms with E-state index in [1.165, 1.54) is 6.07 Å². The third kappa shape index (κ3) is 6.30. The van der Waals surface area contributed by atoms with Gasteiger partial charge < -0.3 is 20.5 Å². The number of hydrogen-bond acceptors (Lipinski definition) is 4. The monoisotopic (exact) mass is 312 g/mol. The van der Waals surface area contributed by atoms with Crippen LogP contribution in [0.4, 0.5) is 9.18 Å². The van der Waals surface area contributed by atoms with Crippen molar-refractivity contribution in [2.45, 2.75) is 52.3 Å². The van der Waals surface area contributed by atoms with Crippen molar-refractivity contribution in [1.29, 1.82) is 0 Å². The molecule has 0 spiro atoms. The highest BCUT2D eigenvalue weighted by Crippen LogP contribution is 2.20. The van der Waals surface area contributed by atoms with Gasteiger partial charge in [-0.15, -0.1) is 0 Å². The Hall–Kier alpha value is -1.82. The van der Waals surface area contributed by atoms with E-state index in [0.717, 1.165) is 6.42 Å². The molecule has 1 unspecified atom stereocenters. The molecular weight excluding hydrogens is 287 g/mol. The van der Waals surface area contributed by atoms with E-state index in [0.29, 0.717) is 18.7 Å². The number of carbonyl (C=O) groups excluding carboxylic acids is 1. The second kappa shape index (κ2) is 7.98. The summed E-state index contributed by atoms with van der Waals surface area (Å²) in [5.74, 6) is -0.985. The summed E-state index contributed by atoms with van der Waals surface area (Å²) in [5.41, 5.74) is -0.0597. The molecule has 1 aromatic rings. The number of halogens is 1. The van der Waals surface area contributed by atoms with Gasteiger partial charge in [-0.05, 0) is 33.3 Å². The molecule has 5 nitrogen and oxygen atoms in total. The van der Waals surface area contributed by atoms with Crippen LogP contribution in [0.2, 0.25) is 0 Å². The van der Waals surface area contributed by atoms with Gasteiger partial charge in [0.05, 0.1) is 0 Å². The van der Waals surface area contributed by atoms with Crippen LogP contribution < -0.4 is 10.6 Å². The number of rotatable bonds is 6. The Morgan fingerprint density at radius 1 is 1.41 bits per heavy atom. The molecule has 0 saturated carbocycles. The number of para-hydroxylation sites is 1. The normalized spacial score (nSPS) is 12.8. The van der Waals surface area contributed by atoms with Crippen LogP contribution in [-0.4, -0.2) is 29.4 Å². The van der Waals surface area contributed by atoms with Crippen molar-refractivity contribution in [3.8, 4) is 5.75 Å². The molecule has 0 heterocycles. The lowest BCUT2D eigenvalue weighted by Gasteiger charge is -2.23. The Morgan fingerprint density at radius 3 is 2.68 bits per heavy atom. The van der Waals surface area contributed by atoms with Crippen LogP contribution in [0, 0.1) is 5.82 Å². The summed E-state index contributed by atoms with van der Waals surface area (Å²) in [4.78, 5) is 11.7. The van der Waals surface area contributed by atoms with Crippen LogP contribution in [0.15, 0.2) is 18.2 Å². The molecule has 1 aromatic carbocycles. The number of benzene rings is 1. The molecule has 1 rings (SSSR count). The summed E-state index contributed by atoms with van der Waals surface area (Å²) in [6.45, 7) is 8.17. The van der Waals surface area contributed by atoms with E-state index in [1.807, 2.05) is 6.92 Å². The Labute approximate surface area is 130 Å². The van der Waals surface area contributed by atoms with Gasteiger partial charge in [-0.1, -0.05) is 19.1 Å². The Balaban J connectivity index is 2.44. The summed E-state index contributed by atoms with van der Waals surface area (Å²) in [5, 5.41) is 15.5. The summed E-state index contributed by atoms with van der Waals surface area (Å²) in [6.07, 6.45) is 0.260. The van der Waals surface area contributed by atoms with E-state index in [2.05, 4.69) is 10.6 Å². The molecule has 22 heavy (non-hydrogen) atoms. The lowest BCUT2D eigenvalue weighted by Crippen LogP contribution is -2.43. The minimum Gasteiger partial charge on any atom is -0.505 e. The average Bonchev–Trinajstić information content (AvgIpc) is 2.40. The molecule has 0 radical (unpaired) electrons. The summed E-state index contributed by atoms with van der Waals surface area (Å²) < 4.78 is 18.4. The number of carbonyl (C=O) groups is 1. The van der Waals surface area contributed by atoms with E-state index in [4.69, 9.17) is 4.74 Å². The van der Waals surface area contributed by atoms with Gasteiger partial charge in [0.25, 0.3) is 0 Å². The summed E-state index contributed by atoms with van der Waals surface area (Å²) in [6, 6.07) is 4.29. The van der Waals surface area contributed by atoms with Gasteiger partial charge >= 0.3 is 6.09 Å². The average molecular weight is 312 g/mol. The standard InChI is InChI=1S/C16H25FN2O3/c1-5-12(19-15(21)22-16(2,3)4)10-18-9-11-7-6-8-13(17)14(11)20/h6-8,12,18,20H,5,9-10H2,1-4H3,(H,19,21). The van der Waals surface area contributed by atoms with Crippen LogP contribution in [0.5, 0.6) is 5.75 Å². The largest absolute Gasteiger partial charge is 0.505 e. The van der Waals surface area contributed by atoms with Crippen LogP contribution in [0.25, 0.3) is 0 Å². The molecule has 0 aromatic heterocycles. The van der Waals surface area contributed by atoms with E-state index in [9.17, 15) is 14.3 Å². The second-order valence-electron chi connectivity index (χ2n) is 6.13. The highest BCUT2D eigenvalue weighted by molar-refractivity contribution is 5.68. The van der Waals surface area contributed by atoms with E-state index in [-0.39, 0.29) is 11.8 Å². The third-order valence-electron chi connectivity index (χ3n) is 2.99. The molecule has 6 heteroatoms. The van der Waals surface area contributed by atoms with Crippen molar-refractivity contribution in [2.24, 2.45) is 0 Å². The molecule has 1 atom stereocenters. The van der Waals surface area contributed by atoms with Gasteiger partial charge in [-0.2, -0.15) is 0 Å². The van der Waals surface area contributed by atoms with Crippen molar-refractivity contribution in [3.05, 3.63) is 29.6 Å². The summed E-state index contributed by atoms with van der Waals surface area (Å²) >= 11 is 0. The molecule has 0 aliphatic carbocycles. The number of alkyl carbamates (subject to hydrolysis) is 1. The minimum atomic E-state index is -0.641. The first-order valence-corrected chi connectivity index (χ1v) is 7.39. The van der Waals surface area contributed by atoms with Crippen molar-refractivity contribution in [2.75, 3.05) is 6.54 Å². The molecule has 3 N–H and O–H groups in total. The number of nitrogens with one attached hydrogen (secondary N) is 2. The molecule has 0 aliphatic heterocycles. The smallest absolute Gasteiger partial charge is 0.407 e. The van der Waals surface area contributed by atoms with E-state index in [1.54, 1.807) is 32.9 Å². The maximum absolute atomic E-state index is 13.2. The first kappa shape index (κ1) is 18.2. The van der Waals surface area contributed by atoms with Gasteiger partial charge in [0, 0.05) is 24.7 Å². The molecule has 1 amide bonds. The number of amides is 1. The van der Waals surface area contributed by atoms with Crippen LogP contribution in [0.3, 0.4) is 0 Å². The van der Waals surface area contributed by atoms with E-state index < -0.39 is 17.5 Å². The van der Waals surface area contributed by atoms with Crippen molar-refractivity contribution < 1.29 is 19.0 Å². The third-order valence-corrected chi connectivity index (χ3v) is 2.99. The van der Waals surface area contributed by atoms with Gasteiger partial charge in [0.15, 0.2) is 11.6 Å². The Morgan fingerprint density at radius 2 is 2.09 bits per heavy atom. The Kier molecular flexibility index (Phi) is 6.61. The van der Waals surface area contributed by atoms with Crippen LogP contribution >= 0.6 is 0 Å². The quantitative estimate of drug-likeness (QED) is 0.755. The van der Waals surface area contributed by atoms with Crippen LogP contribution in [0.1, 0.15) is 39.7 Å². The number of phenolic OH excluding ortho intramolecular Hbond substituents is 1. The molecule has 0 saturated heterocycles. The molecule has 0 fully saturated rings. The molecule has 0 aliphatic rings. The molecular formula is C16H25FN2O3. The van der Waals surface area contributed by atoms with Crippen LogP contribution in [-0.2, 0) is 11.3 Å². The highest BCUT2D eigenvalue weighted by atomic mass is 19.1. The lowest BCUT2D eigenvalue weighted by atomic mass is 10.1.